The average molecular weight is 609 g/mol. The van der Waals surface area contributed by atoms with Gasteiger partial charge in [-0.25, -0.2) is 0 Å². The molecular weight excluding hydrogens is 532 g/mol. The van der Waals surface area contributed by atoms with Gasteiger partial charge < -0.3 is 14.6 Å². The van der Waals surface area contributed by atoms with Gasteiger partial charge in [-0.3, -0.25) is 4.79 Å². The first-order valence-corrected chi connectivity index (χ1v) is 19.3. The molecule has 4 nitrogen and oxygen atoms in total. The van der Waals surface area contributed by atoms with Crippen LogP contribution in [-0.4, -0.2) is 37.0 Å². The van der Waals surface area contributed by atoms with E-state index in [9.17, 15) is 9.90 Å². The molecule has 0 aromatic heterocycles. The summed E-state index contributed by atoms with van der Waals surface area (Å²) in [6.45, 7) is 5.35. The number of unbranched alkanes of at least 4 members (excludes halogenated alkanes) is 26. The van der Waals surface area contributed by atoms with E-state index < -0.39 is 6.10 Å². The van der Waals surface area contributed by atoms with Crippen molar-refractivity contribution in [3.8, 4) is 0 Å². The number of allylic oxidation sites excluding steroid dienone is 2. The van der Waals surface area contributed by atoms with E-state index in [-0.39, 0.29) is 12.6 Å². The van der Waals surface area contributed by atoms with Gasteiger partial charge in [0.1, 0.15) is 6.10 Å². The predicted molar refractivity (Wildman–Crippen MR) is 187 cm³/mol. The lowest BCUT2D eigenvalue weighted by molar-refractivity contribution is -0.154. The van der Waals surface area contributed by atoms with Crippen LogP contribution in [0.25, 0.3) is 0 Å². The molecule has 0 aliphatic rings. The van der Waals surface area contributed by atoms with Crippen molar-refractivity contribution in [1.29, 1.82) is 0 Å². The number of esters is 1. The molecule has 0 aromatic carbocycles. The zero-order valence-corrected chi connectivity index (χ0v) is 29.2. The molecule has 0 fully saturated rings. The molecule has 0 saturated carbocycles. The summed E-state index contributed by atoms with van der Waals surface area (Å²) in [4.78, 5) is 12.2. The Balaban J connectivity index is 3.40. The zero-order valence-electron chi connectivity index (χ0n) is 29.2. The second-order valence-corrected chi connectivity index (χ2v) is 13.0. The smallest absolute Gasteiger partial charge is 0.306 e. The fourth-order valence-corrected chi connectivity index (χ4v) is 5.68. The number of carbonyl (C=O) groups is 1. The highest BCUT2D eigenvalue weighted by Crippen LogP contribution is 2.15. The summed E-state index contributed by atoms with van der Waals surface area (Å²) < 4.78 is 11.1. The van der Waals surface area contributed by atoms with Crippen LogP contribution in [0.1, 0.15) is 206 Å². The van der Waals surface area contributed by atoms with Gasteiger partial charge in [0.15, 0.2) is 0 Å². The number of rotatable bonds is 36. The lowest BCUT2D eigenvalue weighted by atomic mass is 10.0. The standard InChI is InChI=1S/C39H76O4/c1-3-5-7-9-11-13-15-17-19-20-21-22-24-26-28-30-32-34-39(41)43-38(36-40)37-42-35-33-31-29-27-25-23-18-16-14-12-10-8-6-4-2/h14,16,38,40H,3-13,15,17-37H2,1-2H3/b16-14-. The molecule has 0 aliphatic carbocycles. The van der Waals surface area contributed by atoms with Gasteiger partial charge in [-0.15, -0.1) is 0 Å². The second-order valence-electron chi connectivity index (χ2n) is 13.0. The molecular formula is C39H76O4. The minimum absolute atomic E-state index is 0.169. The fourth-order valence-electron chi connectivity index (χ4n) is 5.68. The maximum absolute atomic E-state index is 12.2. The first kappa shape index (κ1) is 42.1. The van der Waals surface area contributed by atoms with E-state index in [1.165, 1.54) is 167 Å². The van der Waals surface area contributed by atoms with Crippen molar-refractivity contribution in [2.24, 2.45) is 0 Å². The molecule has 1 unspecified atom stereocenters. The van der Waals surface area contributed by atoms with Gasteiger partial charge in [0.2, 0.25) is 0 Å². The maximum Gasteiger partial charge on any atom is 0.306 e. The molecule has 1 atom stereocenters. The van der Waals surface area contributed by atoms with Crippen molar-refractivity contribution >= 4 is 5.97 Å². The molecule has 0 bridgehead atoms. The predicted octanol–water partition coefficient (Wildman–Crippen LogP) is 12.2. The normalized spacial score (nSPS) is 12.3. The van der Waals surface area contributed by atoms with Crippen LogP contribution < -0.4 is 0 Å². The molecule has 0 rings (SSSR count). The minimum Gasteiger partial charge on any atom is -0.457 e. The van der Waals surface area contributed by atoms with Crippen LogP contribution in [-0.2, 0) is 14.3 Å². The highest BCUT2D eigenvalue weighted by Gasteiger charge is 2.13. The lowest BCUT2D eigenvalue weighted by Crippen LogP contribution is -2.27. The molecule has 1 N–H and O–H groups in total. The van der Waals surface area contributed by atoms with Crippen LogP contribution >= 0.6 is 0 Å². The van der Waals surface area contributed by atoms with E-state index in [0.717, 1.165) is 19.3 Å². The van der Waals surface area contributed by atoms with E-state index in [1.807, 2.05) is 0 Å². The summed E-state index contributed by atoms with van der Waals surface area (Å²) in [7, 11) is 0. The van der Waals surface area contributed by atoms with Crippen LogP contribution in [0, 0.1) is 0 Å². The molecule has 43 heavy (non-hydrogen) atoms. The van der Waals surface area contributed by atoms with E-state index in [4.69, 9.17) is 9.47 Å². The third-order valence-corrected chi connectivity index (χ3v) is 8.59. The topological polar surface area (TPSA) is 55.8 Å². The van der Waals surface area contributed by atoms with Crippen LogP contribution in [0.15, 0.2) is 12.2 Å². The monoisotopic (exact) mass is 609 g/mol. The largest absolute Gasteiger partial charge is 0.457 e. The molecule has 0 aromatic rings. The maximum atomic E-state index is 12.2. The summed E-state index contributed by atoms with van der Waals surface area (Å²) in [5, 5.41) is 9.56. The summed E-state index contributed by atoms with van der Waals surface area (Å²) in [6.07, 6.45) is 42.5. The van der Waals surface area contributed by atoms with Gasteiger partial charge in [-0.1, -0.05) is 174 Å². The SMILES string of the molecule is CCCCCC/C=C\CCCCCCCCOCC(CO)OC(=O)CCCCCCCCCCCCCCCCCCC. The Bertz CT molecular complexity index is 561. The van der Waals surface area contributed by atoms with Crippen molar-refractivity contribution in [2.75, 3.05) is 19.8 Å². The number of hydrogen-bond donors (Lipinski definition) is 1. The fraction of sp³-hybridized carbons (Fsp3) is 0.923. The average Bonchev–Trinajstić information content (AvgIpc) is 3.01. The van der Waals surface area contributed by atoms with Crippen LogP contribution in [0.4, 0.5) is 0 Å². The minimum atomic E-state index is -0.530. The molecule has 0 radical (unpaired) electrons. The first-order valence-electron chi connectivity index (χ1n) is 19.3. The van der Waals surface area contributed by atoms with Gasteiger partial charge in [0.05, 0.1) is 13.2 Å². The Morgan fingerprint density at radius 1 is 0.535 bits per heavy atom. The van der Waals surface area contributed by atoms with Crippen LogP contribution in [0.2, 0.25) is 0 Å². The van der Waals surface area contributed by atoms with Gasteiger partial charge in [-0.05, 0) is 38.5 Å². The van der Waals surface area contributed by atoms with E-state index in [2.05, 4.69) is 26.0 Å². The summed E-state index contributed by atoms with van der Waals surface area (Å²) in [6, 6.07) is 0. The molecule has 0 aliphatic heterocycles. The Morgan fingerprint density at radius 3 is 1.35 bits per heavy atom. The highest BCUT2D eigenvalue weighted by molar-refractivity contribution is 5.69. The number of carbonyl (C=O) groups excluding carboxylic acids is 1. The van der Waals surface area contributed by atoms with Gasteiger partial charge in [0.25, 0.3) is 0 Å². The van der Waals surface area contributed by atoms with E-state index in [0.29, 0.717) is 19.6 Å². The van der Waals surface area contributed by atoms with Gasteiger partial charge in [-0.2, -0.15) is 0 Å². The number of ether oxygens (including phenoxy) is 2. The quantitative estimate of drug-likeness (QED) is 0.0437. The third-order valence-electron chi connectivity index (χ3n) is 8.59. The summed E-state index contributed by atoms with van der Waals surface area (Å²) in [5.74, 6) is -0.199. The van der Waals surface area contributed by atoms with E-state index >= 15 is 0 Å². The Hall–Kier alpha value is -0.870. The molecule has 0 heterocycles. The molecule has 4 heteroatoms. The number of hydrogen-bond acceptors (Lipinski definition) is 4. The Morgan fingerprint density at radius 2 is 0.907 bits per heavy atom. The van der Waals surface area contributed by atoms with Gasteiger partial charge in [0, 0.05) is 13.0 Å². The molecule has 0 saturated heterocycles. The number of aliphatic hydroxyl groups excluding tert-OH is 1. The number of aliphatic hydroxyl groups is 1. The second kappa shape index (κ2) is 37.3. The van der Waals surface area contributed by atoms with Crippen molar-refractivity contribution in [3.05, 3.63) is 12.2 Å². The van der Waals surface area contributed by atoms with Crippen molar-refractivity contribution in [1.82, 2.24) is 0 Å². The molecule has 0 spiro atoms. The van der Waals surface area contributed by atoms with Crippen molar-refractivity contribution < 1.29 is 19.4 Å². The molecule has 0 amide bonds. The Kier molecular flexibility index (Phi) is 36.6. The van der Waals surface area contributed by atoms with E-state index in [1.54, 1.807) is 0 Å². The first-order chi connectivity index (χ1) is 21.2. The van der Waals surface area contributed by atoms with Gasteiger partial charge >= 0.3 is 5.97 Å². The van der Waals surface area contributed by atoms with Crippen LogP contribution in [0.5, 0.6) is 0 Å². The highest BCUT2D eigenvalue weighted by atomic mass is 16.6. The van der Waals surface area contributed by atoms with Crippen molar-refractivity contribution in [2.45, 2.75) is 213 Å². The lowest BCUT2D eigenvalue weighted by Gasteiger charge is -2.15. The summed E-state index contributed by atoms with van der Waals surface area (Å²) >= 11 is 0. The van der Waals surface area contributed by atoms with Crippen molar-refractivity contribution in [3.63, 3.8) is 0 Å². The molecule has 256 valence electrons. The third kappa shape index (κ3) is 35.5. The van der Waals surface area contributed by atoms with Crippen LogP contribution in [0.3, 0.4) is 0 Å². The summed E-state index contributed by atoms with van der Waals surface area (Å²) in [5.41, 5.74) is 0. The Labute approximate surface area is 269 Å². The zero-order chi connectivity index (χ0) is 31.3.